The zero-order valence-electron chi connectivity index (χ0n) is 17.7. The van der Waals surface area contributed by atoms with Crippen LogP contribution in [-0.4, -0.2) is 18.7 Å². The van der Waals surface area contributed by atoms with Crippen molar-refractivity contribution in [3.63, 3.8) is 0 Å². The molecule has 4 aromatic rings. The molecule has 4 rings (SSSR count). The van der Waals surface area contributed by atoms with Crippen LogP contribution in [0.25, 0.3) is 11.0 Å². The number of ether oxygens (including phenoxy) is 2. The molecule has 8 heteroatoms. The number of rotatable bonds is 8. The van der Waals surface area contributed by atoms with Gasteiger partial charge in [-0.1, -0.05) is 28.1 Å². The van der Waals surface area contributed by atoms with E-state index in [1.165, 1.54) is 0 Å². The van der Waals surface area contributed by atoms with Crippen LogP contribution in [0.2, 0.25) is 0 Å². The second-order valence-corrected chi connectivity index (χ2v) is 8.82. The van der Waals surface area contributed by atoms with E-state index in [1.54, 1.807) is 24.4 Å². The van der Waals surface area contributed by atoms with Gasteiger partial charge in [-0.25, -0.2) is 5.43 Å². The van der Waals surface area contributed by atoms with Crippen molar-refractivity contribution in [2.24, 2.45) is 5.10 Å². The van der Waals surface area contributed by atoms with Crippen molar-refractivity contribution in [3.05, 3.63) is 92.6 Å². The summed E-state index contributed by atoms with van der Waals surface area (Å²) in [5.41, 5.74) is 4.96. The van der Waals surface area contributed by atoms with Crippen molar-refractivity contribution >= 4 is 55.0 Å². The number of benzene rings is 3. The molecular weight excluding hydrogens is 552 g/mol. The SMILES string of the molecule is CCOc1ccc2oc(C(=O)N/N=C/c3ccc(OCc4ccc(Br)cc4)c(Br)c3)cc2c1. The molecule has 0 bridgehead atoms. The summed E-state index contributed by atoms with van der Waals surface area (Å²) in [6.07, 6.45) is 1.55. The number of fused-ring (bicyclic) bond motifs is 1. The van der Waals surface area contributed by atoms with Gasteiger partial charge >= 0.3 is 5.91 Å². The number of nitrogens with one attached hydrogen (secondary N) is 1. The van der Waals surface area contributed by atoms with Gasteiger partial charge < -0.3 is 13.9 Å². The standard InChI is InChI=1S/C25H20Br2N2O4/c1-2-31-20-8-10-22-18(12-20)13-24(33-22)25(30)29-28-14-17-5-9-23(21(27)11-17)32-15-16-3-6-19(26)7-4-16/h3-14H,2,15H2,1H3,(H,29,30)/b28-14+. The first kappa shape index (κ1) is 23.1. The molecule has 0 unspecified atom stereocenters. The molecule has 0 aliphatic rings. The maximum atomic E-state index is 12.4. The summed E-state index contributed by atoms with van der Waals surface area (Å²) < 4.78 is 18.8. The molecule has 0 saturated heterocycles. The van der Waals surface area contributed by atoms with Crippen LogP contribution in [0.5, 0.6) is 11.5 Å². The third-order valence-corrected chi connectivity index (χ3v) is 5.81. The molecule has 0 radical (unpaired) electrons. The average Bonchev–Trinajstić information content (AvgIpc) is 3.23. The Morgan fingerprint density at radius 3 is 2.61 bits per heavy atom. The molecule has 1 heterocycles. The van der Waals surface area contributed by atoms with Crippen molar-refractivity contribution in [2.45, 2.75) is 13.5 Å². The van der Waals surface area contributed by atoms with Crippen LogP contribution in [0, 0.1) is 0 Å². The van der Waals surface area contributed by atoms with Gasteiger partial charge in [-0.3, -0.25) is 4.79 Å². The monoisotopic (exact) mass is 570 g/mol. The van der Waals surface area contributed by atoms with Crippen LogP contribution < -0.4 is 14.9 Å². The highest BCUT2D eigenvalue weighted by Gasteiger charge is 2.12. The Kier molecular flexibility index (Phi) is 7.47. The smallest absolute Gasteiger partial charge is 0.307 e. The summed E-state index contributed by atoms with van der Waals surface area (Å²) in [4.78, 5) is 12.4. The van der Waals surface area contributed by atoms with E-state index in [2.05, 4.69) is 42.4 Å². The average molecular weight is 572 g/mol. The van der Waals surface area contributed by atoms with E-state index in [0.29, 0.717) is 24.5 Å². The predicted molar refractivity (Wildman–Crippen MR) is 135 cm³/mol. The molecule has 33 heavy (non-hydrogen) atoms. The third kappa shape index (κ3) is 6.03. The molecule has 0 aliphatic carbocycles. The first-order chi connectivity index (χ1) is 16.0. The molecule has 0 saturated carbocycles. The van der Waals surface area contributed by atoms with Gasteiger partial charge in [0.25, 0.3) is 0 Å². The zero-order chi connectivity index (χ0) is 23.2. The predicted octanol–water partition coefficient (Wildman–Crippen LogP) is 6.70. The van der Waals surface area contributed by atoms with Gasteiger partial charge in [-0.15, -0.1) is 0 Å². The Bertz CT molecular complexity index is 1300. The van der Waals surface area contributed by atoms with Crippen LogP contribution >= 0.6 is 31.9 Å². The summed E-state index contributed by atoms with van der Waals surface area (Å²) in [5, 5.41) is 4.82. The molecule has 168 valence electrons. The van der Waals surface area contributed by atoms with E-state index in [-0.39, 0.29) is 5.76 Å². The van der Waals surface area contributed by atoms with Crippen molar-refractivity contribution in [2.75, 3.05) is 6.61 Å². The maximum Gasteiger partial charge on any atom is 0.307 e. The lowest BCUT2D eigenvalue weighted by atomic mass is 10.2. The summed E-state index contributed by atoms with van der Waals surface area (Å²) in [6.45, 7) is 2.94. The summed E-state index contributed by atoms with van der Waals surface area (Å²) in [6, 6.07) is 20.6. The topological polar surface area (TPSA) is 73.1 Å². The van der Waals surface area contributed by atoms with E-state index in [4.69, 9.17) is 13.9 Å². The van der Waals surface area contributed by atoms with Gasteiger partial charge in [0, 0.05) is 9.86 Å². The van der Waals surface area contributed by atoms with E-state index in [1.807, 2.05) is 55.5 Å². The minimum absolute atomic E-state index is 0.175. The number of nitrogens with zero attached hydrogens (tertiary/aromatic N) is 1. The van der Waals surface area contributed by atoms with E-state index >= 15 is 0 Å². The summed E-state index contributed by atoms with van der Waals surface area (Å²) in [5.74, 6) is 1.18. The highest BCUT2D eigenvalue weighted by Crippen LogP contribution is 2.27. The fourth-order valence-electron chi connectivity index (χ4n) is 3.07. The number of halogens is 2. The summed E-state index contributed by atoms with van der Waals surface area (Å²) in [7, 11) is 0. The lowest BCUT2D eigenvalue weighted by Crippen LogP contribution is -2.16. The summed E-state index contributed by atoms with van der Waals surface area (Å²) >= 11 is 6.94. The maximum absolute atomic E-state index is 12.4. The van der Waals surface area contributed by atoms with Crippen LogP contribution in [0.3, 0.4) is 0 Å². The largest absolute Gasteiger partial charge is 0.494 e. The highest BCUT2D eigenvalue weighted by molar-refractivity contribution is 9.10. The number of hydrazone groups is 1. The number of furan rings is 1. The number of carbonyl (C=O) groups excluding carboxylic acids is 1. The fourth-order valence-corrected chi connectivity index (χ4v) is 3.84. The van der Waals surface area contributed by atoms with Gasteiger partial charge in [0.15, 0.2) is 5.76 Å². The molecule has 1 amide bonds. The van der Waals surface area contributed by atoms with E-state index in [0.717, 1.165) is 31.2 Å². The van der Waals surface area contributed by atoms with Gasteiger partial charge in [0.1, 0.15) is 23.7 Å². The second-order valence-electron chi connectivity index (χ2n) is 7.05. The molecule has 0 atom stereocenters. The Hall–Kier alpha value is -3.10. The van der Waals surface area contributed by atoms with Crippen LogP contribution in [-0.2, 0) is 6.61 Å². The van der Waals surface area contributed by atoms with Crippen LogP contribution in [0.15, 0.2) is 85.2 Å². The lowest BCUT2D eigenvalue weighted by molar-refractivity contribution is 0.0929. The van der Waals surface area contributed by atoms with Crippen molar-refractivity contribution in [1.82, 2.24) is 5.43 Å². The molecular formula is C25H20Br2N2O4. The number of hydrogen-bond donors (Lipinski definition) is 1. The molecule has 0 aliphatic heterocycles. The minimum atomic E-state index is -0.436. The number of hydrogen-bond acceptors (Lipinski definition) is 5. The van der Waals surface area contributed by atoms with Gasteiger partial charge in [0.2, 0.25) is 0 Å². The van der Waals surface area contributed by atoms with Crippen molar-refractivity contribution in [1.29, 1.82) is 0 Å². The van der Waals surface area contributed by atoms with Crippen LogP contribution in [0.4, 0.5) is 0 Å². The lowest BCUT2D eigenvalue weighted by Gasteiger charge is -2.09. The van der Waals surface area contributed by atoms with Gasteiger partial charge in [-0.05, 0) is 88.6 Å². The van der Waals surface area contributed by atoms with Crippen molar-refractivity contribution < 1.29 is 18.7 Å². The fraction of sp³-hybridized carbons (Fsp3) is 0.120. The normalized spacial score (nSPS) is 11.1. The Morgan fingerprint density at radius 2 is 1.85 bits per heavy atom. The second kappa shape index (κ2) is 10.7. The first-order valence-electron chi connectivity index (χ1n) is 10.2. The first-order valence-corrected chi connectivity index (χ1v) is 11.8. The molecule has 1 aromatic heterocycles. The Balaban J connectivity index is 1.35. The van der Waals surface area contributed by atoms with E-state index in [9.17, 15) is 4.79 Å². The number of amides is 1. The number of carbonyl (C=O) groups is 1. The van der Waals surface area contributed by atoms with Crippen LogP contribution in [0.1, 0.15) is 28.6 Å². The minimum Gasteiger partial charge on any atom is -0.494 e. The Labute approximate surface area is 207 Å². The van der Waals surface area contributed by atoms with Crippen molar-refractivity contribution in [3.8, 4) is 11.5 Å². The molecule has 6 nitrogen and oxygen atoms in total. The molecule has 0 fully saturated rings. The molecule has 3 aromatic carbocycles. The quantitative estimate of drug-likeness (QED) is 0.189. The van der Waals surface area contributed by atoms with Gasteiger partial charge in [0.05, 0.1) is 17.3 Å². The zero-order valence-corrected chi connectivity index (χ0v) is 20.9. The Morgan fingerprint density at radius 1 is 1.03 bits per heavy atom. The molecule has 1 N–H and O–H groups in total. The highest BCUT2D eigenvalue weighted by atomic mass is 79.9. The van der Waals surface area contributed by atoms with Gasteiger partial charge in [-0.2, -0.15) is 5.10 Å². The third-order valence-electron chi connectivity index (χ3n) is 4.67. The van der Waals surface area contributed by atoms with E-state index < -0.39 is 5.91 Å². The molecule has 0 spiro atoms.